The molecular formula is C13H17N3O5. The Labute approximate surface area is 121 Å². The van der Waals surface area contributed by atoms with E-state index in [1.54, 1.807) is 11.9 Å². The van der Waals surface area contributed by atoms with Crippen LogP contribution in [-0.4, -0.2) is 45.3 Å². The number of aromatic carboxylic acids is 1. The molecule has 0 aromatic carbocycles. The van der Waals surface area contributed by atoms with Crippen molar-refractivity contribution in [3.63, 3.8) is 0 Å². The van der Waals surface area contributed by atoms with E-state index < -0.39 is 27.7 Å². The first kappa shape index (κ1) is 15.2. The van der Waals surface area contributed by atoms with Gasteiger partial charge in [-0.1, -0.05) is 12.8 Å². The average Bonchev–Trinajstić information content (AvgIpc) is 2.84. The van der Waals surface area contributed by atoms with Gasteiger partial charge in [-0.3, -0.25) is 10.1 Å². The number of hydrogen-bond acceptors (Lipinski definition) is 6. The Balaban J connectivity index is 2.25. The largest absolute Gasteiger partial charge is 0.477 e. The number of pyridine rings is 1. The van der Waals surface area contributed by atoms with Crippen LogP contribution in [0, 0.1) is 10.1 Å². The summed E-state index contributed by atoms with van der Waals surface area (Å²) in [5.74, 6) is -1.09. The first-order chi connectivity index (χ1) is 9.82. The molecule has 0 aliphatic heterocycles. The first-order valence-electron chi connectivity index (χ1n) is 6.64. The molecule has 114 valence electrons. The molecule has 1 aliphatic carbocycles. The van der Waals surface area contributed by atoms with Crippen LogP contribution >= 0.6 is 0 Å². The van der Waals surface area contributed by atoms with Crippen LogP contribution in [-0.2, 0) is 0 Å². The van der Waals surface area contributed by atoms with Gasteiger partial charge in [0.1, 0.15) is 17.6 Å². The molecule has 0 spiro atoms. The van der Waals surface area contributed by atoms with E-state index in [9.17, 15) is 20.0 Å². The Morgan fingerprint density at radius 3 is 2.67 bits per heavy atom. The predicted molar refractivity (Wildman–Crippen MR) is 74.5 cm³/mol. The molecule has 1 heterocycles. The molecule has 2 rings (SSSR count). The van der Waals surface area contributed by atoms with Crippen molar-refractivity contribution < 1.29 is 19.9 Å². The van der Waals surface area contributed by atoms with Crippen molar-refractivity contribution in [2.75, 3.05) is 18.5 Å². The number of nitrogens with zero attached hydrogens (tertiary/aromatic N) is 3. The number of likely N-dealkylation sites (N-methyl/N-ethyl adjacent to an activating group) is 1. The molecule has 0 amide bonds. The van der Waals surface area contributed by atoms with Crippen LogP contribution in [0.3, 0.4) is 0 Å². The molecule has 0 radical (unpaired) electrons. The average molecular weight is 295 g/mol. The van der Waals surface area contributed by atoms with E-state index in [1.807, 2.05) is 0 Å². The lowest BCUT2D eigenvalue weighted by atomic mass is 10.0. The maximum absolute atomic E-state index is 11.1. The zero-order valence-corrected chi connectivity index (χ0v) is 11.7. The van der Waals surface area contributed by atoms with Gasteiger partial charge in [-0.15, -0.1) is 0 Å². The minimum absolute atomic E-state index is 0.290. The Kier molecular flexibility index (Phi) is 4.08. The Bertz CT molecular complexity index is 569. The number of aliphatic hydroxyl groups is 1. The van der Waals surface area contributed by atoms with Gasteiger partial charge in [0.15, 0.2) is 0 Å². The van der Waals surface area contributed by atoms with Gasteiger partial charge >= 0.3 is 11.7 Å². The second-order valence-electron chi connectivity index (χ2n) is 5.41. The number of aromatic nitrogens is 1. The van der Waals surface area contributed by atoms with Gasteiger partial charge in [0.25, 0.3) is 0 Å². The summed E-state index contributed by atoms with van der Waals surface area (Å²) in [6, 6.07) is 1.17. The van der Waals surface area contributed by atoms with E-state index >= 15 is 0 Å². The minimum Gasteiger partial charge on any atom is -0.477 e. The molecule has 1 aliphatic rings. The molecule has 8 heteroatoms. The monoisotopic (exact) mass is 295 g/mol. The molecule has 8 nitrogen and oxygen atoms in total. The van der Waals surface area contributed by atoms with Crippen molar-refractivity contribution in [2.45, 2.75) is 31.3 Å². The fourth-order valence-electron chi connectivity index (χ4n) is 2.68. The van der Waals surface area contributed by atoms with E-state index in [4.69, 9.17) is 5.11 Å². The van der Waals surface area contributed by atoms with Gasteiger partial charge in [0, 0.05) is 19.7 Å². The predicted octanol–water partition coefficient (Wildman–Crippen LogP) is 1.43. The zero-order chi connectivity index (χ0) is 15.6. The molecule has 0 saturated heterocycles. The summed E-state index contributed by atoms with van der Waals surface area (Å²) in [5, 5.41) is 30.2. The number of carboxylic acid groups (broad SMARTS) is 1. The summed E-state index contributed by atoms with van der Waals surface area (Å²) in [5.41, 5.74) is -1.75. The topological polar surface area (TPSA) is 117 Å². The maximum atomic E-state index is 11.1. The minimum atomic E-state index is -1.38. The molecular weight excluding hydrogens is 278 g/mol. The summed E-state index contributed by atoms with van der Waals surface area (Å²) in [7, 11) is 1.68. The van der Waals surface area contributed by atoms with E-state index in [0.717, 1.165) is 19.0 Å². The molecule has 0 atom stereocenters. The Hall–Kier alpha value is -2.22. The van der Waals surface area contributed by atoms with Crippen LogP contribution in [0.5, 0.6) is 0 Å². The summed E-state index contributed by atoms with van der Waals surface area (Å²) >= 11 is 0. The van der Waals surface area contributed by atoms with E-state index in [2.05, 4.69) is 4.98 Å². The highest BCUT2D eigenvalue weighted by Gasteiger charge is 2.33. The molecule has 1 fully saturated rings. The molecule has 1 saturated carbocycles. The molecule has 1 aromatic heterocycles. The highest BCUT2D eigenvalue weighted by Crippen LogP contribution is 2.31. The smallest absolute Gasteiger partial charge is 0.342 e. The highest BCUT2D eigenvalue weighted by atomic mass is 16.6. The SMILES string of the molecule is CN(CC1(O)CCCC1)c1cc(C(=O)O)c([N+](=O)[O-])cn1. The quantitative estimate of drug-likeness (QED) is 0.623. The summed E-state index contributed by atoms with van der Waals surface area (Å²) < 4.78 is 0. The van der Waals surface area contributed by atoms with Gasteiger partial charge in [-0.2, -0.15) is 0 Å². The molecule has 1 aromatic rings. The number of carbonyl (C=O) groups is 1. The highest BCUT2D eigenvalue weighted by molar-refractivity contribution is 5.93. The number of carboxylic acids is 1. The maximum Gasteiger partial charge on any atom is 0.342 e. The van der Waals surface area contributed by atoms with Gasteiger partial charge < -0.3 is 15.1 Å². The molecule has 0 bridgehead atoms. The van der Waals surface area contributed by atoms with Crippen LogP contribution in [0.25, 0.3) is 0 Å². The fraction of sp³-hybridized carbons (Fsp3) is 0.538. The summed E-state index contributed by atoms with van der Waals surface area (Å²) in [6.45, 7) is 0.316. The van der Waals surface area contributed by atoms with Gasteiger partial charge in [0.05, 0.1) is 10.5 Å². The van der Waals surface area contributed by atoms with Crippen molar-refractivity contribution in [1.82, 2.24) is 4.98 Å². The van der Waals surface area contributed by atoms with Crippen LogP contribution in [0.2, 0.25) is 0 Å². The molecule has 21 heavy (non-hydrogen) atoms. The molecule has 0 unspecified atom stereocenters. The van der Waals surface area contributed by atoms with Gasteiger partial charge in [0.2, 0.25) is 0 Å². The second-order valence-corrected chi connectivity index (χ2v) is 5.41. The van der Waals surface area contributed by atoms with Crippen molar-refractivity contribution in [2.24, 2.45) is 0 Å². The summed E-state index contributed by atoms with van der Waals surface area (Å²) in [6.07, 6.45) is 4.23. The third kappa shape index (κ3) is 3.27. The Morgan fingerprint density at radius 1 is 1.52 bits per heavy atom. The zero-order valence-electron chi connectivity index (χ0n) is 11.7. The van der Waals surface area contributed by atoms with E-state index in [-0.39, 0.29) is 0 Å². The number of nitro groups is 1. The lowest BCUT2D eigenvalue weighted by Crippen LogP contribution is -2.39. The van der Waals surface area contributed by atoms with Crippen molar-refractivity contribution >= 4 is 17.5 Å². The van der Waals surface area contributed by atoms with Crippen molar-refractivity contribution in [3.8, 4) is 0 Å². The van der Waals surface area contributed by atoms with E-state index in [1.165, 1.54) is 6.07 Å². The van der Waals surface area contributed by atoms with E-state index in [0.29, 0.717) is 25.2 Å². The fourth-order valence-corrected chi connectivity index (χ4v) is 2.68. The van der Waals surface area contributed by atoms with Crippen LogP contribution in [0.1, 0.15) is 36.0 Å². The van der Waals surface area contributed by atoms with Crippen LogP contribution < -0.4 is 4.90 Å². The standard InChI is InChI=1S/C13H17N3O5/c1-15(8-13(19)4-2-3-5-13)11-6-9(12(17)18)10(7-14-11)16(20)21/h6-7,19H,2-5,8H2,1H3,(H,17,18). The number of rotatable bonds is 5. The lowest BCUT2D eigenvalue weighted by Gasteiger charge is -2.29. The van der Waals surface area contributed by atoms with Crippen molar-refractivity contribution in [3.05, 3.63) is 27.9 Å². The number of anilines is 1. The van der Waals surface area contributed by atoms with Crippen LogP contribution in [0.15, 0.2) is 12.3 Å². The second kappa shape index (κ2) is 5.65. The third-order valence-electron chi connectivity index (χ3n) is 3.75. The molecule has 2 N–H and O–H groups in total. The first-order valence-corrected chi connectivity index (χ1v) is 6.64. The number of hydrogen-bond donors (Lipinski definition) is 2. The van der Waals surface area contributed by atoms with Gasteiger partial charge in [-0.05, 0) is 12.8 Å². The lowest BCUT2D eigenvalue weighted by molar-refractivity contribution is -0.385. The van der Waals surface area contributed by atoms with Crippen LogP contribution in [0.4, 0.5) is 11.5 Å². The Morgan fingerprint density at radius 2 is 2.14 bits per heavy atom. The third-order valence-corrected chi connectivity index (χ3v) is 3.75. The van der Waals surface area contributed by atoms with Crippen molar-refractivity contribution in [1.29, 1.82) is 0 Å². The van der Waals surface area contributed by atoms with Gasteiger partial charge in [-0.25, -0.2) is 9.78 Å². The normalized spacial score (nSPS) is 16.7. The summed E-state index contributed by atoms with van der Waals surface area (Å²) in [4.78, 5) is 26.7.